The van der Waals surface area contributed by atoms with E-state index in [1.807, 2.05) is 24.3 Å². The monoisotopic (exact) mass is 302 g/mol. The summed E-state index contributed by atoms with van der Waals surface area (Å²) < 4.78 is 0. The fraction of sp³-hybridized carbons (Fsp3) is 0.375. The Morgan fingerprint density at radius 2 is 2.05 bits per heavy atom. The van der Waals surface area contributed by atoms with Gasteiger partial charge in [0.05, 0.1) is 5.92 Å². The van der Waals surface area contributed by atoms with Gasteiger partial charge in [0.1, 0.15) is 6.04 Å². The zero-order valence-corrected chi connectivity index (χ0v) is 12.0. The quantitative estimate of drug-likeness (QED) is 0.804. The largest absolute Gasteiger partial charge is 0.481 e. The molecule has 1 aliphatic heterocycles. The van der Waals surface area contributed by atoms with Crippen LogP contribution in [0.2, 0.25) is 0 Å². The van der Waals surface area contributed by atoms with Gasteiger partial charge in [-0.05, 0) is 25.5 Å². The van der Waals surface area contributed by atoms with E-state index in [1.165, 1.54) is 0 Å². The summed E-state index contributed by atoms with van der Waals surface area (Å²) in [7, 11) is 0. The zero-order valence-electron chi connectivity index (χ0n) is 12.0. The molecule has 22 heavy (non-hydrogen) atoms. The second kappa shape index (κ2) is 5.81. The van der Waals surface area contributed by atoms with Crippen LogP contribution in [0.1, 0.15) is 24.4 Å². The van der Waals surface area contributed by atoms with E-state index in [4.69, 9.17) is 0 Å². The van der Waals surface area contributed by atoms with E-state index in [0.717, 1.165) is 10.9 Å². The smallest absolute Gasteiger partial charge is 0.325 e. The van der Waals surface area contributed by atoms with E-state index in [1.54, 1.807) is 11.1 Å². The van der Waals surface area contributed by atoms with Crippen LogP contribution in [0, 0.1) is 5.92 Å². The van der Waals surface area contributed by atoms with E-state index in [2.05, 4.69) is 4.98 Å². The Labute approximate surface area is 127 Å². The molecule has 2 atom stereocenters. The fourth-order valence-corrected chi connectivity index (χ4v) is 3.25. The van der Waals surface area contributed by atoms with Gasteiger partial charge in [-0.15, -0.1) is 0 Å². The van der Waals surface area contributed by atoms with Crippen LogP contribution in [0.5, 0.6) is 0 Å². The number of aliphatic carboxylic acids is 2. The number of rotatable bonds is 4. The normalized spacial score (nSPS) is 20.8. The lowest BCUT2D eigenvalue weighted by molar-refractivity contribution is -0.149. The van der Waals surface area contributed by atoms with Gasteiger partial charge in [-0.2, -0.15) is 0 Å². The van der Waals surface area contributed by atoms with Crippen LogP contribution in [-0.4, -0.2) is 45.1 Å². The SMILES string of the molecule is O=C(O)C1CCCN(C(C(=O)O)c2c[nH]c3ccccc23)C1. The first-order valence-corrected chi connectivity index (χ1v) is 7.33. The van der Waals surface area contributed by atoms with Crippen molar-refractivity contribution in [3.8, 4) is 0 Å². The van der Waals surface area contributed by atoms with Crippen molar-refractivity contribution in [1.82, 2.24) is 9.88 Å². The Hall–Kier alpha value is -2.34. The van der Waals surface area contributed by atoms with Gasteiger partial charge in [0, 0.05) is 29.2 Å². The molecule has 1 aliphatic rings. The number of para-hydroxylation sites is 1. The van der Waals surface area contributed by atoms with Crippen molar-refractivity contribution in [2.75, 3.05) is 13.1 Å². The van der Waals surface area contributed by atoms with Gasteiger partial charge in [0.25, 0.3) is 0 Å². The minimum Gasteiger partial charge on any atom is -0.481 e. The maximum absolute atomic E-state index is 11.8. The highest BCUT2D eigenvalue weighted by Crippen LogP contribution is 2.31. The van der Waals surface area contributed by atoms with E-state index in [9.17, 15) is 19.8 Å². The maximum Gasteiger partial charge on any atom is 0.325 e. The Morgan fingerprint density at radius 1 is 1.27 bits per heavy atom. The molecule has 1 aromatic heterocycles. The molecular formula is C16H18N2O4. The molecule has 0 radical (unpaired) electrons. The first kappa shape index (κ1) is 14.6. The number of benzene rings is 1. The van der Waals surface area contributed by atoms with Crippen molar-refractivity contribution in [3.63, 3.8) is 0 Å². The molecule has 0 bridgehead atoms. The van der Waals surface area contributed by atoms with Crippen molar-refractivity contribution in [2.24, 2.45) is 5.92 Å². The van der Waals surface area contributed by atoms with Crippen molar-refractivity contribution >= 4 is 22.8 Å². The Bertz CT molecular complexity index is 709. The highest BCUT2D eigenvalue weighted by Gasteiger charge is 2.35. The number of H-pyrrole nitrogens is 1. The highest BCUT2D eigenvalue weighted by molar-refractivity contribution is 5.89. The van der Waals surface area contributed by atoms with Crippen LogP contribution in [0.15, 0.2) is 30.5 Å². The number of likely N-dealkylation sites (tertiary alicyclic amines) is 1. The minimum absolute atomic E-state index is 0.270. The number of carboxylic acids is 2. The van der Waals surface area contributed by atoms with Gasteiger partial charge >= 0.3 is 11.9 Å². The lowest BCUT2D eigenvalue weighted by Crippen LogP contribution is -2.43. The Balaban J connectivity index is 1.96. The van der Waals surface area contributed by atoms with E-state index in [-0.39, 0.29) is 6.54 Å². The molecule has 2 unspecified atom stereocenters. The van der Waals surface area contributed by atoms with Gasteiger partial charge < -0.3 is 15.2 Å². The summed E-state index contributed by atoms with van der Waals surface area (Å²) in [6, 6.07) is 6.72. The van der Waals surface area contributed by atoms with Crippen LogP contribution < -0.4 is 0 Å². The second-order valence-corrected chi connectivity index (χ2v) is 5.70. The first-order chi connectivity index (χ1) is 10.6. The van der Waals surface area contributed by atoms with Crippen molar-refractivity contribution in [2.45, 2.75) is 18.9 Å². The average molecular weight is 302 g/mol. The maximum atomic E-state index is 11.8. The number of carboxylic acid groups (broad SMARTS) is 2. The zero-order chi connectivity index (χ0) is 15.7. The lowest BCUT2D eigenvalue weighted by atomic mass is 9.94. The number of piperidine rings is 1. The third-order valence-electron chi connectivity index (χ3n) is 4.32. The third kappa shape index (κ3) is 2.57. The van der Waals surface area contributed by atoms with Crippen LogP contribution in [0.3, 0.4) is 0 Å². The van der Waals surface area contributed by atoms with Crippen molar-refractivity contribution < 1.29 is 19.8 Å². The highest BCUT2D eigenvalue weighted by atomic mass is 16.4. The van der Waals surface area contributed by atoms with E-state index in [0.29, 0.717) is 24.9 Å². The van der Waals surface area contributed by atoms with Gasteiger partial charge in [-0.3, -0.25) is 14.5 Å². The van der Waals surface area contributed by atoms with Crippen molar-refractivity contribution in [1.29, 1.82) is 0 Å². The minimum atomic E-state index is -0.948. The van der Waals surface area contributed by atoms with Gasteiger partial charge in [0.15, 0.2) is 0 Å². The Morgan fingerprint density at radius 3 is 2.77 bits per heavy atom. The number of nitrogens with zero attached hydrogens (tertiary/aromatic N) is 1. The van der Waals surface area contributed by atoms with Crippen LogP contribution in [0.4, 0.5) is 0 Å². The Kier molecular flexibility index (Phi) is 3.85. The predicted octanol–water partition coefficient (Wildman–Crippen LogP) is 2.09. The number of hydrogen-bond donors (Lipinski definition) is 3. The molecule has 6 nitrogen and oxygen atoms in total. The van der Waals surface area contributed by atoms with E-state index >= 15 is 0 Å². The molecule has 2 aromatic rings. The number of hydrogen-bond acceptors (Lipinski definition) is 3. The molecule has 0 aliphatic carbocycles. The topological polar surface area (TPSA) is 93.6 Å². The summed E-state index contributed by atoms with van der Waals surface area (Å²) in [4.78, 5) is 27.9. The third-order valence-corrected chi connectivity index (χ3v) is 4.32. The summed E-state index contributed by atoms with van der Waals surface area (Å²) >= 11 is 0. The standard InChI is InChI=1S/C16H18N2O4/c19-15(20)10-4-3-7-18(9-10)14(16(21)22)12-8-17-13-6-2-1-5-11(12)13/h1-2,5-6,8,10,14,17H,3-4,7,9H2,(H,19,20)(H,21,22). The number of carbonyl (C=O) groups is 2. The summed E-state index contributed by atoms with van der Waals surface area (Å²) in [6.07, 6.45) is 3.02. The summed E-state index contributed by atoms with van der Waals surface area (Å²) in [5.74, 6) is -2.30. The summed E-state index contributed by atoms with van der Waals surface area (Å²) in [6.45, 7) is 0.867. The lowest BCUT2D eigenvalue weighted by Gasteiger charge is -2.34. The number of fused-ring (bicyclic) bond motifs is 1. The molecule has 3 N–H and O–H groups in total. The van der Waals surface area contributed by atoms with Gasteiger partial charge in [-0.1, -0.05) is 18.2 Å². The molecule has 1 aromatic carbocycles. The first-order valence-electron chi connectivity index (χ1n) is 7.33. The number of nitrogens with one attached hydrogen (secondary N) is 1. The molecule has 116 valence electrons. The van der Waals surface area contributed by atoms with Gasteiger partial charge in [0.2, 0.25) is 0 Å². The summed E-state index contributed by atoms with van der Waals surface area (Å²) in [5, 5.41) is 19.7. The van der Waals surface area contributed by atoms with Crippen LogP contribution in [-0.2, 0) is 9.59 Å². The molecule has 0 amide bonds. The molecule has 0 saturated carbocycles. The molecule has 3 rings (SSSR count). The molecule has 1 fully saturated rings. The predicted molar refractivity (Wildman–Crippen MR) is 80.6 cm³/mol. The molecule has 1 saturated heterocycles. The van der Waals surface area contributed by atoms with Crippen LogP contribution in [0.25, 0.3) is 10.9 Å². The molecule has 0 spiro atoms. The molecule has 6 heteroatoms. The molecule has 2 heterocycles. The number of aromatic nitrogens is 1. The van der Waals surface area contributed by atoms with Gasteiger partial charge in [-0.25, -0.2) is 0 Å². The van der Waals surface area contributed by atoms with Crippen LogP contribution >= 0.6 is 0 Å². The average Bonchev–Trinajstić information content (AvgIpc) is 2.91. The second-order valence-electron chi connectivity index (χ2n) is 5.70. The fourth-order valence-electron chi connectivity index (χ4n) is 3.25. The van der Waals surface area contributed by atoms with E-state index < -0.39 is 23.9 Å². The molecular weight excluding hydrogens is 284 g/mol. The number of aromatic amines is 1. The van der Waals surface area contributed by atoms with Crippen molar-refractivity contribution in [3.05, 3.63) is 36.0 Å². The summed E-state index contributed by atoms with van der Waals surface area (Å²) in [5.41, 5.74) is 1.57.